The first-order chi connectivity index (χ1) is 11.0. The molecule has 0 N–H and O–H groups in total. The third-order valence-electron chi connectivity index (χ3n) is 3.60. The molecule has 0 aliphatic heterocycles. The van der Waals surface area contributed by atoms with Crippen LogP contribution in [-0.2, 0) is 27.9 Å². The predicted octanol–water partition coefficient (Wildman–Crippen LogP) is 3.12. The van der Waals surface area contributed by atoms with Gasteiger partial charge < -0.3 is 4.90 Å². The summed E-state index contributed by atoms with van der Waals surface area (Å²) in [5.41, 5.74) is 1.79. The SMILES string of the molecule is CC(C(=O)N(C)Cc1ccccc1)S(=O)Cc1ccc(F)cc1. The summed E-state index contributed by atoms with van der Waals surface area (Å²) in [6.07, 6.45) is 0. The Hall–Kier alpha value is -2.01. The van der Waals surface area contributed by atoms with Gasteiger partial charge in [0.25, 0.3) is 0 Å². The van der Waals surface area contributed by atoms with E-state index < -0.39 is 16.0 Å². The summed E-state index contributed by atoms with van der Waals surface area (Å²) in [6.45, 7) is 2.15. The molecule has 0 radical (unpaired) electrons. The summed E-state index contributed by atoms with van der Waals surface area (Å²) in [6, 6.07) is 15.5. The van der Waals surface area contributed by atoms with Crippen molar-refractivity contribution in [1.29, 1.82) is 0 Å². The van der Waals surface area contributed by atoms with Gasteiger partial charge in [0.15, 0.2) is 0 Å². The van der Waals surface area contributed by atoms with Crippen LogP contribution in [0, 0.1) is 5.82 Å². The lowest BCUT2D eigenvalue weighted by molar-refractivity contribution is -0.129. The van der Waals surface area contributed by atoms with E-state index in [1.165, 1.54) is 12.1 Å². The fourth-order valence-corrected chi connectivity index (χ4v) is 3.40. The average molecular weight is 333 g/mol. The van der Waals surface area contributed by atoms with Crippen LogP contribution in [0.5, 0.6) is 0 Å². The van der Waals surface area contributed by atoms with E-state index in [4.69, 9.17) is 0 Å². The number of hydrogen-bond donors (Lipinski definition) is 0. The van der Waals surface area contributed by atoms with Crippen LogP contribution >= 0.6 is 0 Å². The summed E-state index contributed by atoms with van der Waals surface area (Å²) in [5, 5.41) is -0.603. The monoisotopic (exact) mass is 333 g/mol. The predicted molar refractivity (Wildman–Crippen MR) is 90.6 cm³/mol. The second kappa shape index (κ2) is 8.02. The maximum atomic E-state index is 12.9. The van der Waals surface area contributed by atoms with Gasteiger partial charge in [-0.05, 0) is 30.2 Å². The molecule has 3 nitrogen and oxygen atoms in total. The highest BCUT2D eigenvalue weighted by atomic mass is 32.2. The molecule has 2 rings (SSSR count). The molecule has 0 bridgehead atoms. The highest BCUT2D eigenvalue weighted by Crippen LogP contribution is 2.12. The van der Waals surface area contributed by atoms with Crippen molar-refractivity contribution >= 4 is 16.7 Å². The van der Waals surface area contributed by atoms with Crippen LogP contribution in [0.2, 0.25) is 0 Å². The zero-order chi connectivity index (χ0) is 16.8. The fraction of sp³-hybridized carbons (Fsp3) is 0.278. The van der Waals surface area contributed by atoms with E-state index in [0.29, 0.717) is 6.54 Å². The third-order valence-corrected chi connectivity index (χ3v) is 5.21. The average Bonchev–Trinajstić information content (AvgIpc) is 2.56. The third kappa shape index (κ3) is 4.99. The van der Waals surface area contributed by atoms with Gasteiger partial charge in [0, 0.05) is 30.1 Å². The molecule has 0 fully saturated rings. The number of halogens is 1. The first kappa shape index (κ1) is 17.3. The van der Waals surface area contributed by atoms with Gasteiger partial charge in [-0.1, -0.05) is 42.5 Å². The first-order valence-electron chi connectivity index (χ1n) is 7.38. The number of benzene rings is 2. The Morgan fingerprint density at radius 2 is 1.70 bits per heavy atom. The molecule has 0 spiro atoms. The quantitative estimate of drug-likeness (QED) is 0.814. The van der Waals surface area contributed by atoms with Crippen molar-refractivity contribution in [2.24, 2.45) is 0 Å². The zero-order valence-electron chi connectivity index (χ0n) is 13.2. The molecule has 1 amide bonds. The highest BCUT2D eigenvalue weighted by Gasteiger charge is 2.23. The van der Waals surface area contributed by atoms with Gasteiger partial charge in [0.2, 0.25) is 5.91 Å². The Bertz CT molecular complexity index is 673. The zero-order valence-corrected chi connectivity index (χ0v) is 14.1. The van der Waals surface area contributed by atoms with E-state index >= 15 is 0 Å². The molecule has 2 aromatic rings. The summed E-state index contributed by atoms with van der Waals surface area (Å²) in [5.74, 6) is -0.243. The molecule has 0 saturated carbocycles. The van der Waals surface area contributed by atoms with Gasteiger partial charge in [-0.3, -0.25) is 9.00 Å². The van der Waals surface area contributed by atoms with Gasteiger partial charge >= 0.3 is 0 Å². The second-order valence-corrected chi connectivity index (χ2v) is 7.23. The van der Waals surface area contributed by atoms with Crippen molar-refractivity contribution < 1.29 is 13.4 Å². The summed E-state index contributed by atoms with van der Waals surface area (Å²) >= 11 is 0. The number of rotatable bonds is 6. The largest absolute Gasteiger partial charge is 0.340 e. The molecular weight excluding hydrogens is 313 g/mol. The van der Waals surface area contributed by atoms with Crippen LogP contribution in [0.3, 0.4) is 0 Å². The normalized spacial score (nSPS) is 13.3. The lowest BCUT2D eigenvalue weighted by Crippen LogP contribution is -2.37. The molecule has 5 heteroatoms. The summed E-state index contributed by atoms with van der Waals surface area (Å²) in [4.78, 5) is 14.0. The minimum atomic E-state index is -1.34. The van der Waals surface area contributed by atoms with E-state index in [1.54, 1.807) is 31.0 Å². The van der Waals surface area contributed by atoms with Gasteiger partial charge in [0.1, 0.15) is 11.1 Å². The molecule has 2 unspecified atom stereocenters. The standard InChI is InChI=1S/C18H20FNO2S/c1-14(23(22)13-16-8-10-17(19)11-9-16)18(21)20(2)12-15-6-4-3-5-7-15/h3-11,14H,12-13H2,1-2H3. The smallest absolute Gasteiger partial charge is 0.238 e. The minimum Gasteiger partial charge on any atom is -0.340 e. The molecule has 0 heterocycles. The second-order valence-electron chi connectivity index (χ2n) is 5.47. The van der Waals surface area contributed by atoms with Crippen LogP contribution in [0.4, 0.5) is 4.39 Å². The molecule has 2 aromatic carbocycles. The molecule has 23 heavy (non-hydrogen) atoms. The van der Waals surface area contributed by atoms with Gasteiger partial charge in [-0.2, -0.15) is 0 Å². The van der Waals surface area contributed by atoms with Crippen LogP contribution in [0.15, 0.2) is 54.6 Å². The molecule has 0 aliphatic rings. The number of amides is 1. The summed E-state index contributed by atoms with van der Waals surface area (Å²) < 4.78 is 25.3. The molecule has 0 saturated heterocycles. The topological polar surface area (TPSA) is 37.4 Å². The van der Waals surface area contributed by atoms with Crippen LogP contribution in [-0.4, -0.2) is 27.3 Å². The Labute approximate surface area is 138 Å². The number of hydrogen-bond acceptors (Lipinski definition) is 2. The van der Waals surface area contributed by atoms with Gasteiger partial charge in [-0.25, -0.2) is 4.39 Å². The Morgan fingerprint density at radius 3 is 2.30 bits per heavy atom. The van der Waals surface area contributed by atoms with Crippen LogP contribution in [0.1, 0.15) is 18.1 Å². The van der Waals surface area contributed by atoms with Crippen molar-refractivity contribution in [3.8, 4) is 0 Å². The maximum absolute atomic E-state index is 12.9. The van der Waals surface area contributed by atoms with Crippen LogP contribution in [0.25, 0.3) is 0 Å². The Morgan fingerprint density at radius 1 is 1.09 bits per heavy atom. The van der Waals surface area contributed by atoms with Gasteiger partial charge in [0.05, 0.1) is 0 Å². The molecule has 0 aliphatic carbocycles. The number of carbonyl (C=O) groups excluding carboxylic acids is 1. The lowest BCUT2D eigenvalue weighted by Gasteiger charge is -2.21. The van der Waals surface area contributed by atoms with E-state index in [1.807, 2.05) is 30.3 Å². The maximum Gasteiger partial charge on any atom is 0.238 e. The first-order valence-corrected chi connectivity index (χ1v) is 8.76. The molecule has 2 atom stereocenters. The number of carbonyl (C=O) groups is 1. The van der Waals surface area contributed by atoms with Crippen molar-refractivity contribution in [2.45, 2.75) is 24.5 Å². The van der Waals surface area contributed by atoms with Crippen molar-refractivity contribution in [2.75, 3.05) is 7.05 Å². The molecular formula is C18H20FNO2S. The highest BCUT2D eigenvalue weighted by molar-refractivity contribution is 7.85. The lowest BCUT2D eigenvalue weighted by atomic mass is 10.2. The van der Waals surface area contributed by atoms with E-state index in [2.05, 4.69) is 0 Å². The van der Waals surface area contributed by atoms with Gasteiger partial charge in [-0.15, -0.1) is 0 Å². The van der Waals surface area contributed by atoms with E-state index in [-0.39, 0.29) is 17.5 Å². The van der Waals surface area contributed by atoms with E-state index in [9.17, 15) is 13.4 Å². The fourth-order valence-electron chi connectivity index (χ4n) is 2.23. The van der Waals surface area contributed by atoms with Crippen molar-refractivity contribution in [3.63, 3.8) is 0 Å². The Kier molecular flexibility index (Phi) is 6.04. The van der Waals surface area contributed by atoms with Crippen molar-refractivity contribution in [1.82, 2.24) is 4.90 Å². The van der Waals surface area contributed by atoms with Crippen LogP contribution < -0.4 is 0 Å². The number of nitrogens with zero attached hydrogens (tertiary/aromatic N) is 1. The van der Waals surface area contributed by atoms with E-state index in [0.717, 1.165) is 11.1 Å². The molecule has 0 aromatic heterocycles. The van der Waals surface area contributed by atoms with Crippen molar-refractivity contribution in [3.05, 3.63) is 71.5 Å². The Balaban J connectivity index is 1.95. The minimum absolute atomic E-state index is 0.158. The summed E-state index contributed by atoms with van der Waals surface area (Å²) in [7, 11) is 0.365. The molecule has 122 valence electrons.